The molecular weight excluding hydrogens is 393 g/mol. The molecule has 8 heteroatoms. The zero-order valence-corrected chi connectivity index (χ0v) is 15.2. The van der Waals surface area contributed by atoms with Crippen molar-refractivity contribution < 1.29 is 9.21 Å². The average Bonchev–Trinajstić information content (AvgIpc) is 2.84. The Morgan fingerprint density at radius 3 is 2.50 bits per heavy atom. The van der Waals surface area contributed by atoms with Crippen LogP contribution in [0.25, 0.3) is 11.1 Å². The van der Waals surface area contributed by atoms with Gasteiger partial charge in [-0.1, -0.05) is 46.9 Å². The maximum atomic E-state index is 12.2. The first-order chi connectivity index (χ1) is 11.5. The molecule has 2 aromatic carbocycles. The first-order valence-electron chi connectivity index (χ1n) is 6.89. The lowest BCUT2D eigenvalue weighted by molar-refractivity contribution is -0.111. The third-order valence-corrected chi connectivity index (χ3v) is 5.41. The van der Waals surface area contributed by atoms with Crippen molar-refractivity contribution in [3.8, 4) is 0 Å². The number of carbonyl (C=O) groups excluding carboxylic acids is 1. The second kappa shape index (κ2) is 7.23. The average molecular weight is 403 g/mol. The predicted molar refractivity (Wildman–Crippen MR) is 97.4 cm³/mol. The van der Waals surface area contributed by atoms with Gasteiger partial charge in [-0.2, -0.15) is 0 Å². The summed E-state index contributed by atoms with van der Waals surface area (Å²) in [6, 6.07) is 10.1. The van der Waals surface area contributed by atoms with E-state index in [-0.39, 0.29) is 18.1 Å². The van der Waals surface area contributed by atoms with Crippen molar-refractivity contribution in [3.63, 3.8) is 0 Å². The Hall–Kier alpha value is -1.40. The van der Waals surface area contributed by atoms with Gasteiger partial charge >= 0.3 is 5.76 Å². The number of thioether (sulfide) groups is 1. The zero-order valence-electron chi connectivity index (χ0n) is 12.1. The highest BCUT2D eigenvalue weighted by atomic mass is 35.5. The van der Waals surface area contributed by atoms with Crippen molar-refractivity contribution in [1.82, 2.24) is 4.57 Å². The summed E-state index contributed by atoms with van der Waals surface area (Å²) in [4.78, 5) is 24.5. The van der Waals surface area contributed by atoms with Crippen LogP contribution in [-0.2, 0) is 11.3 Å². The minimum atomic E-state index is -0.489. The van der Waals surface area contributed by atoms with Gasteiger partial charge in [-0.15, -0.1) is 0 Å². The number of para-hydroxylation sites is 2. The van der Waals surface area contributed by atoms with Crippen LogP contribution in [-0.4, -0.2) is 9.68 Å². The van der Waals surface area contributed by atoms with Crippen molar-refractivity contribution in [2.75, 3.05) is 0 Å². The SMILES string of the molecule is O=C(CCn1c(=O)oc2ccccc21)Sc1c(Cl)cc(Cl)cc1Cl. The van der Waals surface area contributed by atoms with Crippen molar-refractivity contribution in [1.29, 1.82) is 0 Å². The van der Waals surface area contributed by atoms with Gasteiger partial charge in [0.1, 0.15) is 0 Å². The molecule has 0 atom stereocenters. The molecule has 1 heterocycles. The topological polar surface area (TPSA) is 52.2 Å². The highest BCUT2D eigenvalue weighted by Crippen LogP contribution is 2.37. The Morgan fingerprint density at radius 1 is 1.12 bits per heavy atom. The van der Waals surface area contributed by atoms with E-state index in [0.29, 0.717) is 31.1 Å². The molecule has 0 aliphatic rings. The van der Waals surface area contributed by atoms with E-state index in [1.165, 1.54) is 16.7 Å². The van der Waals surface area contributed by atoms with Gasteiger partial charge in [0.2, 0.25) is 0 Å². The fraction of sp³-hybridized carbons (Fsp3) is 0.125. The molecule has 0 aliphatic carbocycles. The molecule has 124 valence electrons. The second-order valence-corrected chi connectivity index (χ2v) is 7.23. The predicted octanol–water partition coefficient (Wildman–Crippen LogP) is 5.26. The second-order valence-electron chi connectivity index (χ2n) is 4.91. The number of carbonyl (C=O) groups is 1. The number of aryl methyl sites for hydroxylation is 1. The fourth-order valence-electron chi connectivity index (χ4n) is 2.22. The number of oxazole rings is 1. The van der Waals surface area contributed by atoms with Crippen LogP contribution in [0.4, 0.5) is 0 Å². The Balaban J connectivity index is 1.74. The largest absolute Gasteiger partial charge is 0.419 e. The van der Waals surface area contributed by atoms with Crippen molar-refractivity contribution in [3.05, 3.63) is 62.0 Å². The number of fused-ring (bicyclic) bond motifs is 1. The smallest absolute Gasteiger partial charge is 0.408 e. The van der Waals surface area contributed by atoms with E-state index in [0.717, 1.165) is 11.8 Å². The van der Waals surface area contributed by atoms with Gasteiger partial charge in [0, 0.05) is 18.0 Å². The van der Waals surface area contributed by atoms with Gasteiger partial charge in [0.25, 0.3) is 0 Å². The van der Waals surface area contributed by atoms with E-state index in [1.54, 1.807) is 24.3 Å². The Kier molecular flexibility index (Phi) is 5.25. The Labute approximate surface area is 156 Å². The number of rotatable bonds is 4. The van der Waals surface area contributed by atoms with Gasteiger partial charge in [0.05, 0.1) is 20.5 Å². The van der Waals surface area contributed by atoms with Crippen LogP contribution in [0.15, 0.2) is 50.5 Å². The maximum absolute atomic E-state index is 12.2. The van der Waals surface area contributed by atoms with Crippen LogP contribution in [0.5, 0.6) is 0 Å². The quantitative estimate of drug-likeness (QED) is 0.558. The molecule has 0 spiro atoms. The van der Waals surface area contributed by atoms with Gasteiger partial charge < -0.3 is 4.42 Å². The molecule has 0 N–H and O–H groups in total. The molecule has 3 rings (SSSR count). The summed E-state index contributed by atoms with van der Waals surface area (Å²) >= 11 is 18.9. The number of halogens is 3. The summed E-state index contributed by atoms with van der Waals surface area (Å²) in [6.07, 6.45) is 0.128. The minimum absolute atomic E-state index is 0.128. The summed E-state index contributed by atoms with van der Waals surface area (Å²) < 4.78 is 6.56. The van der Waals surface area contributed by atoms with E-state index < -0.39 is 5.76 Å². The van der Waals surface area contributed by atoms with Crippen LogP contribution in [0.3, 0.4) is 0 Å². The molecule has 0 aliphatic heterocycles. The Bertz CT molecular complexity index is 957. The number of nitrogens with zero attached hydrogens (tertiary/aromatic N) is 1. The highest BCUT2D eigenvalue weighted by Gasteiger charge is 2.15. The third-order valence-electron chi connectivity index (χ3n) is 3.29. The van der Waals surface area contributed by atoms with Crippen LogP contribution in [0.1, 0.15) is 6.42 Å². The molecule has 0 bridgehead atoms. The number of benzene rings is 2. The normalized spacial score (nSPS) is 11.1. The van der Waals surface area contributed by atoms with Gasteiger partial charge in [-0.25, -0.2) is 4.79 Å². The lowest BCUT2D eigenvalue weighted by atomic mass is 10.3. The van der Waals surface area contributed by atoms with Crippen molar-refractivity contribution in [2.24, 2.45) is 0 Å². The Morgan fingerprint density at radius 2 is 1.79 bits per heavy atom. The minimum Gasteiger partial charge on any atom is -0.408 e. The first-order valence-corrected chi connectivity index (χ1v) is 8.84. The number of hydrogen-bond acceptors (Lipinski definition) is 4. The van der Waals surface area contributed by atoms with Gasteiger partial charge in [-0.05, 0) is 36.0 Å². The molecule has 0 saturated heterocycles. The maximum Gasteiger partial charge on any atom is 0.419 e. The summed E-state index contributed by atoms with van der Waals surface area (Å²) in [5.74, 6) is -0.489. The molecule has 1 aromatic heterocycles. The summed E-state index contributed by atoms with van der Waals surface area (Å²) in [6.45, 7) is 0.213. The van der Waals surface area contributed by atoms with Crippen LogP contribution >= 0.6 is 46.6 Å². The molecule has 24 heavy (non-hydrogen) atoms. The molecule has 0 amide bonds. The summed E-state index contributed by atoms with van der Waals surface area (Å²) in [7, 11) is 0. The first kappa shape index (κ1) is 17.4. The lowest BCUT2D eigenvalue weighted by Crippen LogP contribution is -2.15. The molecule has 0 fully saturated rings. The van der Waals surface area contributed by atoms with Gasteiger partial charge in [0.15, 0.2) is 10.7 Å². The standard InChI is InChI=1S/C16H10Cl3NO3S/c17-9-7-10(18)15(11(19)8-9)24-14(21)5-6-20-12-3-1-2-4-13(12)23-16(20)22/h1-4,7-8H,5-6H2. The van der Waals surface area contributed by atoms with E-state index in [1.807, 2.05) is 0 Å². The monoisotopic (exact) mass is 401 g/mol. The van der Waals surface area contributed by atoms with Crippen molar-refractivity contribution in [2.45, 2.75) is 17.9 Å². The summed E-state index contributed by atoms with van der Waals surface area (Å²) in [5.41, 5.74) is 1.15. The van der Waals surface area contributed by atoms with Gasteiger partial charge in [-0.3, -0.25) is 9.36 Å². The number of aromatic nitrogens is 1. The van der Waals surface area contributed by atoms with Crippen LogP contribution < -0.4 is 5.76 Å². The van der Waals surface area contributed by atoms with Crippen LogP contribution in [0, 0.1) is 0 Å². The van der Waals surface area contributed by atoms with E-state index in [4.69, 9.17) is 39.2 Å². The molecule has 4 nitrogen and oxygen atoms in total. The third kappa shape index (κ3) is 3.64. The van der Waals surface area contributed by atoms with E-state index in [2.05, 4.69) is 0 Å². The molecule has 3 aromatic rings. The molecule has 0 saturated carbocycles. The van der Waals surface area contributed by atoms with Crippen LogP contribution in [0.2, 0.25) is 15.1 Å². The molecular formula is C16H10Cl3NO3S. The molecule has 0 unspecified atom stereocenters. The highest BCUT2D eigenvalue weighted by molar-refractivity contribution is 8.13. The zero-order chi connectivity index (χ0) is 17.3. The number of hydrogen-bond donors (Lipinski definition) is 0. The van der Waals surface area contributed by atoms with E-state index in [9.17, 15) is 9.59 Å². The summed E-state index contributed by atoms with van der Waals surface area (Å²) in [5, 5.41) is 0.866. The molecule has 0 radical (unpaired) electrons. The van der Waals surface area contributed by atoms with E-state index >= 15 is 0 Å². The van der Waals surface area contributed by atoms with Crippen molar-refractivity contribution >= 4 is 62.8 Å². The lowest BCUT2D eigenvalue weighted by Gasteiger charge is -2.07. The fourth-order valence-corrected chi connectivity index (χ4v) is 4.00.